The van der Waals surface area contributed by atoms with E-state index in [1.54, 1.807) is 19.2 Å². The largest absolute Gasteiger partial charge is 0.481 e. The van der Waals surface area contributed by atoms with Gasteiger partial charge in [-0.05, 0) is 30.9 Å². The Morgan fingerprint density at radius 1 is 1.24 bits per heavy atom. The van der Waals surface area contributed by atoms with Crippen LogP contribution in [0.25, 0.3) is 0 Å². The molecule has 0 spiro atoms. The van der Waals surface area contributed by atoms with Gasteiger partial charge in [0.25, 0.3) is 5.91 Å². The number of methoxy groups -OCH3 is 1. The molecule has 0 unspecified atom stereocenters. The van der Waals surface area contributed by atoms with Crippen LogP contribution < -0.4 is 10.1 Å². The number of hydrogen-bond donors (Lipinski definition) is 1. The molecular formula is C23H27N3O3. The van der Waals surface area contributed by atoms with Crippen molar-refractivity contribution in [2.24, 2.45) is 5.41 Å². The number of hydrogen-bond acceptors (Lipinski definition) is 4. The monoisotopic (exact) mass is 393 g/mol. The van der Waals surface area contributed by atoms with Crippen molar-refractivity contribution in [1.29, 1.82) is 0 Å². The van der Waals surface area contributed by atoms with Gasteiger partial charge >= 0.3 is 0 Å². The Hall–Kier alpha value is -2.89. The second kappa shape index (κ2) is 8.23. The average molecular weight is 393 g/mol. The standard InChI is InChI=1S/C23H27N3O3/c1-29-20-10-9-18(14-24-20)22(28)25-16-23-12-5-8-19(23)26(21(27)11-13-23)15-17-6-3-2-4-7-17/h2-4,6-7,9-10,14,19H,5,8,11-13,15-16H2,1H3,(H,25,28)/t19-,23+/m1/s1. The molecule has 2 amide bonds. The van der Waals surface area contributed by atoms with Crippen LogP contribution in [-0.2, 0) is 11.3 Å². The van der Waals surface area contributed by atoms with Crippen LogP contribution in [0.15, 0.2) is 48.7 Å². The highest BCUT2D eigenvalue weighted by Gasteiger charge is 2.50. The van der Waals surface area contributed by atoms with E-state index in [-0.39, 0.29) is 23.3 Å². The summed E-state index contributed by atoms with van der Waals surface area (Å²) in [5.74, 6) is 0.576. The number of nitrogens with zero attached hydrogens (tertiary/aromatic N) is 2. The number of amides is 2. The minimum Gasteiger partial charge on any atom is -0.481 e. The zero-order chi connectivity index (χ0) is 20.3. The van der Waals surface area contributed by atoms with E-state index >= 15 is 0 Å². The third kappa shape index (κ3) is 3.97. The summed E-state index contributed by atoms with van der Waals surface area (Å²) in [5, 5.41) is 3.11. The summed E-state index contributed by atoms with van der Waals surface area (Å²) in [6, 6.07) is 13.7. The lowest BCUT2D eigenvalue weighted by atomic mass is 9.74. The van der Waals surface area contributed by atoms with Crippen molar-refractivity contribution in [3.05, 3.63) is 59.8 Å². The molecule has 2 fully saturated rings. The summed E-state index contributed by atoms with van der Waals surface area (Å²) in [6.07, 6.45) is 6.04. The van der Waals surface area contributed by atoms with E-state index in [0.29, 0.717) is 31.0 Å². The molecule has 0 bridgehead atoms. The summed E-state index contributed by atoms with van der Waals surface area (Å²) in [5.41, 5.74) is 1.62. The Balaban J connectivity index is 1.46. The molecule has 1 aromatic carbocycles. The summed E-state index contributed by atoms with van der Waals surface area (Å²) in [6.45, 7) is 1.23. The predicted octanol–water partition coefficient (Wildman–Crippen LogP) is 3.18. The van der Waals surface area contributed by atoms with E-state index < -0.39 is 0 Å². The van der Waals surface area contributed by atoms with E-state index in [1.807, 2.05) is 23.1 Å². The molecule has 1 aliphatic heterocycles. The van der Waals surface area contributed by atoms with Crippen molar-refractivity contribution in [1.82, 2.24) is 15.2 Å². The number of carbonyl (C=O) groups is 2. The molecule has 6 nitrogen and oxygen atoms in total. The van der Waals surface area contributed by atoms with Crippen molar-refractivity contribution in [3.63, 3.8) is 0 Å². The lowest BCUT2D eigenvalue weighted by Crippen LogP contribution is -2.55. The van der Waals surface area contributed by atoms with Gasteiger partial charge in [-0.15, -0.1) is 0 Å². The maximum absolute atomic E-state index is 12.7. The fourth-order valence-electron chi connectivity index (χ4n) is 4.84. The highest BCUT2D eigenvalue weighted by atomic mass is 16.5. The number of carbonyl (C=O) groups excluding carboxylic acids is 2. The van der Waals surface area contributed by atoms with Gasteiger partial charge in [0, 0.05) is 43.2 Å². The average Bonchev–Trinajstić information content (AvgIpc) is 3.19. The Kier molecular flexibility index (Phi) is 5.51. The van der Waals surface area contributed by atoms with E-state index in [0.717, 1.165) is 31.2 Å². The zero-order valence-corrected chi connectivity index (χ0v) is 16.8. The smallest absolute Gasteiger partial charge is 0.252 e. The highest BCUT2D eigenvalue weighted by Crippen LogP contribution is 2.48. The fourth-order valence-corrected chi connectivity index (χ4v) is 4.84. The van der Waals surface area contributed by atoms with Crippen LogP contribution in [0.5, 0.6) is 5.88 Å². The van der Waals surface area contributed by atoms with Crippen molar-refractivity contribution in [2.75, 3.05) is 13.7 Å². The maximum Gasteiger partial charge on any atom is 0.252 e. The van der Waals surface area contributed by atoms with Gasteiger partial charge in [0.2, 0.25) is 11.8 Å². The Morgan fingerprint density at radius 2 is 2.07 bits per heavy atom. The van der Waals surface area contributed by atoms with Gasteiger partial charge in [-0.25, -0.2) is 4.98 Å². The van der Waals surface area contributed by atoms with E-state index in [2.05, 4.69) is 22.4 Å². The summed E-state index contributed by atoms with van der Waals surface area (Å²) < 4.78 is 5.05. The molecule has 2 atom stereocenters. The zero-order valence-electron chi connectivity index (χ0n) is 16.8. The molecule has 4 rings (SSSR count). The predicted molar refractivity (Wildman–Crippen MR) is 109 cm³/mol. The van der Waals surface area contributed by atoms with Gasteiger partial charge in [0.15, 0.2) is 0 Å². The molecule has 29 heavy (non-hydrogen) atoms. The second-order valence-corrected chi connectivity index (χ2v) is 8.05. The Morgan fingerprint density at radius 3 is 2.79 bits per heavy atom. The SMILES string of the molecule is COc1ccc(C(=O)NC[C@@]23CCC[C@H]2N(Cc2ccccc2)C(=O)CC3)cn1. The van der Waals surface area contributed by atoms with Gasteiger partial charge in [0.05, 0.1) is 12.7 Å². The van der Waals surface area contributed by atoms with Gasteiger partial charge < -0.3 is 15.0 Å². The Bertz CT molecular complexity index is 869. The second-order valence-electron chi connectivity index (χ2n) is 8.05. The minimum absolute atomic E-state index is 0.0434. The lowest BCUT2D eigenvalue weighted by Gasteiger charge is -2.46. The summed E-state index contributed by atoms with van der Waals surface area (Å²) in [7, 11) is 1.55. The van der Waals surface area contributed by atoms with Crippen molar-refractivity contribution >= 4 is 11.8 Å². The molecule has 2 heterocycles. The number of aromatic nitrogens is 1. The lowest BCUT2D eigenvalue weighted by molar-refractivity contribution is -0.142. The molecule has 1 saturated heterocycles. The first-order valence-electron chi connectivity index (χ1n) is 10.2. The maximum atomic E-state index is 12.7. The van der Waals surface area contributed by atoms with Crippen molar-refractivity contribution in [3.8, 4) is 5.88 Å². The summed E-state index contributed by atoms with van der Waals surface area (Å²) >= 11 is 0. The number of benzene rings is 1. The molecule has 1 N–H and O–H groups in total. The van der Waals surface area contributed by atoms with Crippen LogP contribution in [0, 0.1) is 5.41 Å². The topological polar surface area (TPSA) is 71.5 Å². The van der Waals surface area contributed by atoms with Crippen LogP contribution in [-0.4, -0.2) is 41.4 Å². The van der Waals surface area contributed by atoms with Crippen LogP contribution in [0.2, 0.25) is 0 Å². The highest BCUT2D eigenvalue weighted by molar-refractivity contribution is 5.94. The van der Waals surface area contributed by atoms with Crippen LogP contribution in [0.4, 0.5) is 0 Å². The first kappa shape index (κ1) is 19.4. The minimum atomic E-state index is -0.133. The number of nitrogens with one attached hydrogen (secondary N) is 1. The van der Waals surface area contributed by atoms with Gasteiger partial charge in [-0.3, -0.25) is 9.59 Å². The van der Waals surface area contributed by atoms with E-state index in [4.69, 9.17) is 4.74 Å². The van der Waals surface area contributed by atoms with Gasteiger partial charge in [0.1, 0.15) is 0 Å². The van der Waals surface area contributed by atoms with Crippen LogP contribution in [0.3, 0.4) is 0 Å². The first-order chi connectivity index (χ1) is 14.1. The fraction of sp³-hybridized carbons (Fsp3) is 0.435. The number of rotatable bonds is 6. The third-order valence-electron chi connectivity index (χ3n) is 6.40. The number of likely N-dealkylation sites (tertiary alicyclic amines) is 1. The molecule has 1 aliphatic carbocycles. The number of ether oxygens (including phenoxy) is 1. The quantitative estimate of drug-likeness (QED) is 0.818. The molecule has 2 aliphatic rings. The molecule has 2 aromatic rings. The van der Waals surface area contributed by atoms with Gasteiger partial charge in [-0.1, -0.05) is 36.8 Å². The van der Waals surface area contributed by atoms with E-state index in [9.17, 15) is 9.59 Å². The van der Waals surface area contributed by atoms with Crippen LogP contribution in [0.1, 0.15) is 48.0 Å². The number of piperidine rings is 1. The molecular weight excluding hydrogens is 366 g/mol. The number of fused-ring (bicyclic) bond motifs is 1. The summed E-state index contributed by atoms with van der Waals surface area (Å²) in [4.78, 5) is 31.5. The third-order valence-corrected chi connectivity index (χ3v) is 6.40. The normalized spacial score (nSPS) is 23.6. The molecule has 1 aromatic heterocycles. The molecule has 6 heteroatoms. The van der Waals surface area contributed by atoms with Crippen molar-refractivity contribution in [2.45, 2.75) is 44.7 Å². The van der Waals surface area contributed by atoms with E-state index in [1.165, 1.54) is 6.20 Å². The molecule has 1 saturated carbocycles. The molecule has 0 radical (unpaired) electrons. The number of pyridine rings is 1. The van der Waals surface area contributed by atoms with Crippen LogP contribution >= 0.6 is 0 Å². The first-order valence-corrected chi connectivity index (χ1v) is 10.2. The molecule has 152 valence electrons. The Labute approximate surface area is 171 Å². The van der Waals surface area contributed by atoms with Crippen molar-refractivity contribution < 1.29 is 14.3 Å². The van der Waals surface area contributed by atoms with Gasteiger partial charge in [-0.2, -0.15) is 0 Å².